The number of aliphatic hydroxyl groups is 1. The topological polar surface area (TPSA) is 98.5 Å². The fourth-order valence-corrected chi connectivity index (χ4v) is 4.81. The number of β-amino-alcohol motifs (C(OH)–C–C–N with tert-alkyl or cyclic N) is 1. The van der Waals surface area contributed by atoms with E-state index in [9.17, 15) is 18.7 Å². The Hall–Kier alpha value is -3.74. The second-order valence-electron chi connectivity index (χ2n) is 10.1. The first-order chi connectivity index (χ1) is 19.7. The third kappa shape index (κ3) is 8.38. The van der Waals surface area contributed by atoms with Crippen molar-refractivity contribution in [2.45, 2.75) is 25.6 Å². The zero-order chi connectivity index (χ0) is 29.4. The highest BCUT2D eigenvalue weighted by molar-refractivity contribution is 5.77. The Morgan fingerprint density at radius 2 is 1.83 bits per heavy atom. The molecule has 222 valence electrons. The fraction of sp³-hybridized carbons (Fsp3) is 0.448. The maximum atomic E-state index is 13.7. The molecule has 0 unspecified atom stereocenters. The number of nitrogens with zero attached hydrogens (tertiary/aromatic N) is 4. The molecular formula is C29H36F2N4O6. The smallest absolute Gasteiger partial charge is 0.248 e. The molecule has 1 aliphatic heterocycles. The first-order valence-electron chi connectivity index (χ1n) is 13.3. The molecule has 1 saturated heterocycles. The lowest BCUT2D eigenvalue weighted by molar-refractivity contribution is -0.138. The van der Waals surface area contributed by atoms with Crippen molar-refractivity contribution in [3.63, 3.8) is 0 Å². The van der Waals surface area contributed by atoms with E-state index in [1.54, 1.807) is 13.3 Å². The van der Waals surface area contributed by atoms with Crippen LogP contribution in [0.4, 0.5) is 8.78 Å². The van der Waals surface area contributed by atoms with Gasteiger partial charge in [-0.1, -0.05) is 6.07 Å². The quantitative estimate of drug-likeness (QED) is 0.353. The zero-order valence-electron chi connectivity index (χ0n) is 23.5. The highest BCUT2D eigenvalue weighted by atomic mass is 19.1. The lowest BCUT2D eigenvalue weighted by Gasteiger charge is -2.33. The molecule has 12 heteroatoms. The summed E-state index contributed by atoms with van der Waals surface area (Å²) in [7, 11) is 3.00. The van der Waals surface area contributed by atoms with Crippen LogP contribution in [0.15, 0.2) is 48.8 Å². The van der Waals surface area contributed by atoms with Crippen molar-refractivity contribution in [2.75, 3.05) is 60.2 Å². The van der Waals surface area contributed by atoms with E-state index in [2.05, 4.69) is 4.98 Å². The Bertz CT molecular complexity index is 1300. The number of imidazole rings is 1. The summed E-state index contributed by atoms with van der Waals surface area (Å²) in [5.74, 6) is 0.180. The van der Waals surface area contributed by atoms with Crippen LogP contribution < -0.4 is 14.2 Å². The molecule has 4 rings (SSSR count). The van der Waals surface area contributed by atoms with E-state index in [4.69, 9.17) is 18.9 Å². The van der Waals surface area contributed by atoms with Crippen molar-refractivity contribution < 1.29 is 37.6 Å². The average molecular weight is 575 g/mol. The van der Waals surface area contributed by atoms with Gasteiger partial charge in [0.25, 0.3) is 0 Å². The van der Waals surface area contributed by atoms with Crippen LogP contribution in [0.1, 0.15) is 11.4 Å². The summed E-state index contributed by atoms with van der Waals surface area (Å²) < 4.78 is 51.5. The average Bonchev–Trinajstić information content (AvgIpc) is 3.26. The third-order valence-corrected chi connectivity index (χ3v) is 6.80. The Morgan fingerprint density at radius 3 is 2.51 bits per heavy atom. The van der Waals surface area contributed by atoms with Crippen molar-refractivity contribution in [2.24, 2.45) is 0 Å². The Morgan fingerprint density at radius 1 is 1.05 bits per heavy atom. The van der Waals surface area contributed by atoms with Crippen LogP contribution in [-0.4, -0.2) is 96.2 Å². The van der Waals surface area contributed by atoms with Gasteiger partial charge in [0.1, 0.15) is 48.6 Å². The minimum Gasteiger partial charge on any atom is -0.493 e. The summed E-state index contributed by atoms with van der Waals surface area (Å²) in [6.45, 7) is 3.97. The van der Waals surface area contributed by atoms with E-state index in [0.29, 0.717) is 44.3 Å². The molecule has 3 aromatic rings. The first-order valence-corrected chi connectivity index (χ1v) is 13.3. The van der Waals surface area contributed by atoms with Crippen molar-refractivity contribution in [1.82, 2.24) is 19.4 Å². The molecular weight excluding hydrogens is 538 g/mol. The Balaban J connectivity index is 1.45. The number of hydrogen-bond donors (Lipinski definition) is 1. The molecule has 10 nitrogen and oxygen atoms in total. The van der Waals surface area contributed by atoms with Crippen LogP contribution in [0, 0.1) is 18.6 Å². The Labute approximate surface area is 238 Å². The molecule has 0 bridgehead atoms. The number of carbonyl (C=O) groups excluding carboxylic acids is 1. The highest BCUT2D eigenvalue weighted by Crippen LogP contribution is 2.29. The number of benzene rings is 2. The van der Waals surface area contributed by atoms with E-state index in [-0.39, 0.29) is 38.0 Å². The van der Waals surface area contributed by atoms with Gasteiger partial charge in [-0.05, 0) is 24.6 Å². The molecule has 1 amide bonds. The predicted molar refractivity (Wildman–Crippen MR) is 146 cm³/mol. The van der Waals surface area contributed by atoms with Crippen LogP contribution in [0.25, 0.3) is 0 Å². The van der Waals surface area contributed by atoms with Crippen LogP contribution in [0.2, 0.25) is 0 Å². The predicted octanol–water partition coefficient (Wildman–Crippen LogP) is 2.66. The monoisotopic (exact) mass is 574 g/mol. The van der Waals surface area contributed by atoms with Gasteiger partial charge in [0.15, 0.2) is 11.5 Å². The molecule has 2 heterocycles. The van der Waals surface area contributed by atoms with Crippen LogP contribution in [0.3, 0.4) is 0 Å². The van der Waals surface area contributed by atoms with Gasteiger partial charge in [-0.25, -0.2) is 13.8 Å². The van der Waals surface area contributed by atoms with Crippen LogP contribution in [-0.2, 0) is 22.6 Å². The molecule has 0 radical (unpaired) electrons. The second kappa shape index (κ2) is 13.7. The number of aromatic nitrogens is 2. The molecule has 1 fully saturated rings. The summed E-state index contributed by atoms with van der Waals surface area (Å²) >= 11 is 0. The maximum Gasteiger partial charge on any atom is 0.248 e. The molecule has 1 aliphatic rings. The number of amides is 1. The van der Waals surface area contributed by atoms with Crippen molar-refractivity contribution in [1.29, 1.82) is 0 Å². The van der Waals surface area contributed by atoms with Gasteiger partial charge >= 0.3 is 0 Å². The lowest BCUT2D eigenvalue weighted by atomic mass is 10.0. The summed E-state index contributed by atoms with van der Waals surface area (Å²) in [6, 6.07) is 8.47. The molecule has 0 saturated carbocycles. The number of rotatable bonds is 12. The van der Waals surface area contributed by atoms with Gasteiger partial charge in [-0.2, -0.15) is 0 Å². The molecule has 0 spiro atoms. The van der Waals surface area contributed by atoms with E-state index < -0.39 is 17.2 Å². The summed E-state index contributed by atoms with van der Waals surface area (Å²) in [4.78, 5) is 20.4. The van der Waals surface area contributed by atoms with Crippen LogP contribution in [0.5, 0.6) is 17.2 Å². The van der Waals surface area contributed by atoms with Gasteiger partial charge in [0.2, 0.25) is 5.91 Å². The van der Waals surface area contributed by atoms with E-state index >= 15 is 0 Å². The molecule has 1 atom stereocenters. The maximum absolute atomic E-state index is 13.7. The fourth-order valence-electron chi connectivity index (χ4n) is 4.81. The largest absolute Gasteiger partial charge is 0.493 e. The standard InChI is InChI=1S/C29H36F2N4O6/c1-21-32-6-7-34(21)10-11-40-26-5-4-22(12-27(26)39-3)16-33-8-9-35(28(36)17-38-2)19-29(37,18-33)20-41-25-14-23(30)13-24(31)15-25/h4-7,12-15,37H,8-11,16-20H2,1-3H3/t29-/m0/s1. The number of carbonyl (C=O) groups is 1. The van der Waals surface area contributed by atoms with Crippen molar-refractivity contribution in [3.05, 3.63) is 71.8 Å². The number of methoxy groups -OCH3 is 2. The SMILES string of the molecule is COCC(=O)N1CCN(Cc2ccc(OCCn3ccnc3C)c(OC)c2)C[C@@](O)(COc2cc(F)cc(F)c2)C1. The minimum absolute atomic E-state index is 0.0318. The summed E-state index contributed by atoms with van der Waals surface area (Å²) in [6.07, 6.45) is 3.64. The molecule has 2 aromatic carbocycles. The first kappa shape index (κ1) is 30.2. The van der Waals surface area contributed by atoms with Crippen molar-refractivity contribution >= 4 is 5.91 Å². The van der Waals surface area contributed by atoms with E-state index in [0.717, 1.165) is 29.6 Å². The Kier molecular flexibility index (Phi) is 10.1. The van der Waals surface area contributed by atoms with Gasteiger partial charge in [-0.15, -0.1) is 0 Å². The second-order valence-corrected chi connectivity index (χ2v) is 10.1. The lowest BCUT2D eigenvalue weighted by Crippen LogP contribution is -2.52. The molecule has 41 heavy (non-hydrogen) atoms. The van der Waals surface area contributed by atoms with E-state index in [1.807, 2.05) is 40.8 Å². The molecule has 1 N–H and O–H groups in total. The normalized spacial score (nSPS) is 17.8. The van der Waals surface area contributed by atoms with Gasteiger partial charge in [0, 0.05) is 63.9 Å². The number of hydrogen-bond acceptors (Lipinski definition) is 8. The summed E-state index contributed by atoms with van der Waals surface area (Å²) in [5, 5.41) is 11.6. The number of aryl methyl sites for hydroxylation is 1. The summed E-state index contributed by atoms with van der Waals surface area (Å²) in [5.41, 5.74) is -0.617. The van der Waals surface area contributed by atoms with E-state index in [1.165, 1.54) is 12.0 Å². The third-order valence-electron chi connectivity index (χ3n) is 6.80. The van der Waals surface area contributed by atoms with Gasteiger partial charge in [-0.3, -0.25) is 9.69 Å². The van der Waals surface area contributed by atoms with Gasteiger partial charge in [0.05, 0.1) is 20.2 Å². The van der Waals surface area contributed by atoms with Crippen LogP contribution >= 0.6 is 0 Å². The highest BCUT2D eigenvalue weighted by Gasteiger charge is 2.37. The zero-order valence-corrected chi connectivity index (χ0v) is 23.5. The molecule has 1 aromatic heterocycles. The van der Waals surface area contributed by atoms with Crippen molar-refractivity contribution in [3.8, 4) is 17.2 Å². The number of ether oxygens (including phenoxy) is 4. The van der Waals surface area contributed by atoms with Gasteiger partial charge < -0.3 is 33.5 Å². The molecule has 0 aliphatic carbocycles. The minimum atomic E-state index is -1.53. The number of halogens is 2.